The van der Waals surface area contributed by atoms with E-state index in [1.54, 1.807) is 19.3 Å². The molecule has 0 radical (unpaired) electrons. The first-order chi connectivity index (χ1) is 13.2. The summed E-state index contributed by atoms with van der Waals surface area (Å²) < 4.78 is 5.58. The Hall–Kier alpha value is -3.41. The lowest BCUT2D eigenvalue weighted by atomic mass is 9.90. The molecule has 1 N–H and O–H groups in total. The first-order valence-electron chi connectivity index (χ1n) is 8.92. The lowest BCUT2D eigenvalue weighted by Gasteiger charge is -2.32. The van der Waals surface area contributed by atoms with Crippen LogP contribution in [0.1, 0.15) is 39.1 Å². The summed E-state index contributed by atoms with van der Waals surface area (Å²) in [5, 5.41) is 0. The predicted molar refractivity (Wildman–Crippen MR) is 100 cm³/mol. The lowest BCUT2D eigenvalue weighted by Crippen LogP contribution is -2.38. The number of aromatic amines is 1. The highest BCUT2D eigenvalue weighted by atomic mass is 16.3. The molecule has 134 valence electrons. The Balaban J connectivity index is 1.50. The largest absolute Gasteiger partial charge is 0.441 e. The molecule has 0 spiro atoms. The zero-order valence-electron chi connectivity index (χ0n) is 14.8. The minimum atomic E-state index is -0.0212. The number of hydrogen-bond acceptors (Lipinski definition) is 4. The van der Waals surface area contributed by atoms with Crippen molar-refractivity contribution < 1.29 is 9.21 Å². The molecule has 1 unspecified atom stereocenters. The number of hydrogen-bond donors (Lipinski definition) is 1. The fraction of sp³-hybridized carbons (Fsp3) is 0.190. The first-order valence-corrected chi connectivity index (χ1v) is 8.92. The van der Waals surface area contributed by atoms with Crippen LogP contribution in [0.5, 0.6) is 0 Å². The third-order valence-electron chi connectivity index (χ3n) is 5.07. The van der Waals surface area contributed by atoms with E-state index < -0.39 is 0 Å². The van der Waals surface area contributed by atoms with Gasteiger partial charge in [-0.3, -0.25) is 4.79 Å². The van der Waals surface area contributed by atoms with Gasteiger partial charge in [0.1, 0.15) is 5.52 Å². The molecule has 1 aliphatic rings. The number of fused-ring (bicyclic) bond motifs is 2. The van der Waals surface area contributed by atoms with Crippen molar-refractivity contribution in [2.45, 2.75) is 19.4 Å². The average molecular weight is 358 g/mol. The zero-order valence-corrected chi connectivity index (χ0v) is 14.8. The van der Waals surface area contributed by atoms with Crippen molar-refractivity contribution in [1.82, 2.24) is 19.9 Å². The second-order valence-corrected chi connectivity index (χ2v) is 6.83. The van der Waals surface area contributed by atoms with Gasteiger partial charge in [-0.25, -0.2) is 9.97 Å². The molecular formula is C21H18N4O2. The number of imidazole rings is 1. The number of nitrogens with one attached hydrogen (secondary N) is 1. The van der Waals surface area contributed by atoms with Gasteiger partial charge in [-0.2, -0.15) is 0 Å². The van der Waals surface area contributed by atoms with Crippen molar-refractivity contribution in [3.8, 4) is 0 Å². The van der Waals surface area contributed by atoms with Crippen LogP contribution >= 0.6 is 0 Å². The van der Waals surface area contributed by atoms with E-state index in [1.807, 2.05) is 35.2 Å². The minimum absolute atomic E-state index is 0.0212. The minimum Gasteiger partial charge on any atom is -0.441 e. The molecule has 0 aliphatic carbocycles. The Morgan fingerprint density at radius 1 is 1.22 bits per heavy atom. The molecule has 0 saturated heterocycles. The first kappa shape index (κ1) is 15.8. The SMILES string of the molecule is Cc1nc2ccc(C(=O)N3Cc4[nH]cnc4C(c4ccccc4)C3)cc2o1. The summed E-state index contributed by atoms with van der Waals surface area (Å²) in [5.41, 5.74) is 5.17. The Labute approximate surface area is 155 Å². The normalized spacial score (nSPS) is 16.5. The average Bonchev–Trinajstić information content (AvgIpc) is 3.31. The number of H-pyrrole nitrogens is 1. The summed E-state index contributed by atoms with van der Waals surface area (Å²) in [7, 11) is 0. The molecule has 1 atom stereocenters. The van der Waals surface area contributed by atoms with E-state index in [4.69, 9.17) is 4.42 Å². The molecule has 1 aliphatic heterocycles. The second-order valence-electron chi connectivity index (χ2n) is 6.83. The summed E-state index contributed by atoms with van der Waals surface area (Å²) in [6, 6.07) is 15.6. The van der Waals surface area contributed by atoms with E-state index in [1.165, 1.54) is 0 Å². The van der Waals surface area contributed by atoms with Crippen LogP contribution in [0.25, 0.3) is 11.1 Å². The van der Waals surface area contributed by atoms with E-state index in [0.717, 1.165) is 22.5 Å². The van der Waals surface area contributed by atoms with E-state index in [9.17, 15) is 4.79 Å². The number of aryl methyl sites for hydroxylation is 1. The van der Waals surface area contributed by atoms with Gasteiger partial charge in [-0.1, -0.05) is 30.3 Å². The molecule has 0 bridgehead atoms. The number of nitrogens with zero attached hydrogens (tertiary/aromatic N) is 3. The highest BCUT2D eigenvalue weighted by Gasteiger charge is 2.31. The van der Waals surface area contributed by atoms with E-state index >= 15 is 0 Å². The van der Waals surface area contributed by atoms with Gasteiger partial charge >= 0.3 is 0 Å². The molecule has 3 heterocycles. The maximum absolute atomic E-state index is 13.2. The molecule has 1 amide bonds. The van der Waals surface area contributed by atoms with E-state index in [0.29, 0.717) is 30.1 Å². The highest BCUT2D eigenvalue weighted by molar-refractivity contribution is 5.97. The van der Waals surface area contributed by atoms with Crippen molar-refractivity contribution >= 4 is 17.0 Å². The second kappa shape index (κ2) is 6.09. The monoisotopic (exact) mass is 358 g/mol. The number of carbonyl (C=O) groups is 1. The van der Waals surface area contributed by atoms with Gasteiger partial charge in [0, 0.05) is 24.9 Å². The number of oxazole rings is 1. The molecule has 2 aromatic heterocycles. The van der Waals surface area contributed by atoms with Gasteiger partial charge < -0.3 is 14.3 Å². The van der Waals surface area contributed by atoms with E-state index in [2.05, 4.69) is 27.1 Å². The van der Waals surface area contributed by atoms with Crippen molar-refractivity contribution in [3.05, 3.63) is 83.3 Å². The summed E-state index contributed by atoms with van der Waals surface area (Å²) in [4.78, 5) is 27.0. The molecule has 27 heavy (non-hydrogen) atoms. The van der Waals surface area contributed by atoms with Gasteiger partial charge in [0.25, 0.3) is 5.91 Å². The molecular weight excluding hydrogens is 340 g/mol. The zero-order chi connectivity index (χ0) is 18.4. The van der Waals surface area contributed by atoms with Gasteiger partial charge in [-0.15, -0.1) is 0 Å². The Morgan fingerprint density at radius 3 is 2.93 bits per heavy atom. The van der Waals surface area contributed by atoms with Crippen molar-refractivity contribution in [3.63, 3.8) is 0 Å². The molecule has 2 aromatic carbocycles. The van der Waals surface area contributed by atoms with Crippen LogP contribution in [0.15, 0.2) is 59.3 Å². The Kier molecular flexibility index (Phi) is 3.57. The van der Waals surface area contributed by atoms with Crippen molar-refractivity contribution in [2.24, 2.45) is 0 Å². The van der Waals surface area contributed by atoms with Crippen LogP contribution in [0.2, 0.25) is 0 Å². The topological polar surface area (TPSA) is 75.0 Å². The quantitative estimate of drug-likeness (QED) is 0.593. The summed E-state index contributed by atoms with van der Waals surface area (Å²) in [6.45, 7) is 2.91. The Morgan fingerprint density at radius 2 is 2.07 bits per heavy atom. The van der Waals surface area contributed by atoms with Crippen molar-refractivity contribution in [1.29, 1.82) is 0 Å². The lowest BCUT2D eigenvalue weighted by molar-refractivity contribution is 0.0722. The fourth-order valence-electron chi connectivity index (χ4n) is 3.78. The summed E-state index contributed by atoms with van der Waals surface area (Å²) >= 11 is 0. The molecule has 6 nitrogen and oxygen atoms in total. The number of rotatable bonds is 2. The number of benzene rings is 2. The van der Waals surface area contributed by atoms with Gasteiger partial charge in [0.15, 0.2) is 11.5 Å². The van der Waals surface area contributed by atoms with Crippen molar-refractivity contribution in [2.75, 3.05) is 6.54 Å². The van der Waals surface area contributed by atoms with Crippen LogP contribution < -0.4 is 0 Å². The fourth-order valence-corrected chi connectivity index (χ4v) is 3.78. The number of aromatic nitrogens is 3. The predicted octanol–water partition coefficient (Wildman–Crippen LogP) is 3.65. The van der Waals surface area contributed by atoms with Gasteiger partial charge in [0.05, 0.1) is 24.3 Å². The smallest absolute Gasteiger partial charge is 0.254 e. The van der Waals surface area contributed by atoms with Crippen LogP contribution in [0.4, 0.5) is 0 Å². The summed E-state index contributed by atoms with van der Waals surface area (Å²) in [6.07, 6.45) is 1.71. The van der Waals surface area contributed by atoms with Crippen LogP contribution in [0, 0.1) is 6.92 Å². The number of amides is 1. The standard InChI is InChI=1S/C21H18N4O2/c1-13-24-17-8-7-15(9-19(17)27-13)21(26)25-10-16(14-5-3-2-4-6-14)20-18(11-25)22-12-23-20/h2-9,12,16H,10-11H2,1H3,(H,22,23). The maximum Gasteiger partial charge on any atom is 0.254 e. The van der Waals surface area contributed by atoms with Gasteiger partial charge in [-0.05, 0) is 23.8 Å². The maximum atomic E-state index is 13.2. The molecule has 0 saturated carbocycles. The molecule has 6 heteroatoms. The number of carbonyl (C=O) groups excluding carboxylic acids is 1. The molecule has 4 aromatic rings. The Bertz CT molecular complexity index is 1130. The molecule has 5 rings (SSSR count). The van der Waals surface area contributed by atoms with Crippen LogP contribution in [-0.2, 0) is 6.54 Å². The third kappa shape index (κ3) is 2.70. The third-order valence-corrected chi connectivity index (χ3v) is 5.07. The van der Waals surface area contributed by atoms with Crippen LogP contribution in [0.3, 0.4) is 0 Å². The highest BCUT2D eigenvalue weighted by Crippen LogP contribution is 2.32. The summed E-state index contributed by atoms with van der Waals surface area (Å²) in [5.74, 6) is 0.632. The van der Waals surface area contributed by atoms with Gasteiger partial charge in [0.2, 0.25) is 0 Å². The molecule has 0 fully saturated rings. The van der Waals surface area contributed by atoms with Crippen LogP contribution in [-0.4, -0.2) is 32.3 Å². The van der Waals surface area contributed by atoms with E-state index in [-0.39, 0.29) is 11.8 Å².